The van der Waals surface area contributed by atoms with Crippen molar-refractivity contribution in [2.24, 2.45) is 5.92 Å². The van der Waals surface area contributed by atoms with E-state index in [0.717, 1.165) is 36.2 Å². The molecular formula is C24H35N3O. The lowest BCUT2D eigenvalue weighted by Crippen LogP contribution is -2.29. The zero-order chi connectivity index (χ0) is 19.2. The molecule has 152 valence electrons. The molecular weight excluding hydrogens is 346 g/mol. The first kappa shape index (κ1) is 19.6. The summed E-state index contributed by atoms with van der Waals surface area (Å²) in [5.74, 6) is 2.82. The first-order valence-electron chi connectivity index (χ1n) is 11.5. The highest BCUT2D eigenvalue weighted by Gasteiger charge is 2.23. The predicted molar refractivity (Wildman–Crippen MR) is 113 cm³/mol. The Morgan fingerprint density at radius 3 is 2.64 bits per heavy atom. The van der Waals surface area contributed by atoms with Crippen LogP contribution >= 0.6 is 0 Å². The number of benzene rings is 1. The Hall–Kier alpha value is -1.68. The van der Waals surface area contributed by atoms with Crippen molar-refractivity contribution in [2.45, 2.75) is 83.6 Å². The van der Waals surface area contributed by atoms with Crippen LogP contribution in [0.15, 0.2) is 28.8 Å². The van der Waals surface area contributed by atoms with Crippen molar-refractivity contribution < 1.29 is 4.52 Å². The van der Waals surface area contributed by atoms with Crippen molar-refractivity contribution in [1.82, 2.24) is 15.0 Å². The highest BCUT2D eigenvalue weighted by atomic mass is 16.5. The fourth-order valence-electron chi connectivity index (χ4n) is 4.97. The SMILES string of the molecule is CCC(CC1CCCCC1)c1nc(-c2cccc(CN3CCCCC3)c2)no1. The molecule has 4 nitrogen and oxygen atoms in total. The van der Waals surface area contributed by atoms with Crippen LogP contribution in [0.4, 0.5) is 0 Å². The summed E-state index contributed by atoms with van der Waals surface area (Å²) in [7, 11) is 0. The molecule has 1 aliphatic carbocycles. The Morgan fingerprint density at radius 1 is 1.07 bits per heavy atom. The van der Waals surface area contributed by atoms with Crippen molar-refractivity contribution in [3.8, 4) is 11.4 Å². The summed E-state index contributed by atoms with van der Waals surface area (Å²) in [6.07, 6.45) is 13.2. The van der Waals surface area contributed by atoms with Crippen LogP contribution in [0.1, 0.15) is 88.5 Å². The zero-order valence-corrected chi connectivity index (χ0v) is 17.4. The zero-order valence-electron chi connectivity index (χ0n) is 17.4. The quantitative estimate of drug-likeness (QED) is 0.574. The second kappa shape index (κ2) is 9.69. The molecule has 0 bridgehead atoms. The fraction of sp³-hybridized carbons (Fsp3) is 0.667. The minimum absolute atomic E-state index is 0.404. The summed E-state index contributed by atoms with van der Waals surface area (Å²) >= 11 is 0. The first-order valence-corrected chi connectivity index (χ1v) is 11.5. The third-order valence-corrected chi connectivity index (χ3v) is 6.67. The van der Waals surface area contributed by atoms with Crippen LogP contribution in [0.3, 0.4) is 0 Å². The first-order chi connectivity index (χ1) is 13.8. The normalized spacial score (nSPS) is 20.3. The number of nitrogens with zero attached hydrogens (tertiary/aromatic N) is 3. The molecule has 1 atom stereocenters. The molecule has 2 aliphatic rings. The number of aromatic nitrogens is 2. The molecule has 1 unspecified atom stereocenters. The van der Waals surface area contributed by atoms with Crippen LogP contribution in [0.5, 0.6) is 0 Å². The largest absolute Gasteiger partial charge is 0.339 e. The highest BCUT2D eigenvalue weighted by Crippen LogP contribution is 2.34. The number of rotatable bonds is 7. The minimum Gasteiger partial charge on any atom is -0.339 e. The van der Waals surface area contributed by atoms with Gasteiger partial charge in [0.1, 0.15) is 0 Å². The van der Waals surface area contributed by atoms with E-state index in [4.69, 9.17) is 9.51 Å². The Bertz CT molecular complexity index is 729. The Morgan fingerprint density at radius 2 is 1.86 bits per heavy atom. The molecule has 1 saturated heterocycles. The maximum atomic E-state index is 5.73. The van der Waals surface area contributed by atoms with Crippen molar-refractivity contribution in [1.29, 1.82) is 0 Å². The van der Waals surface area contributed by atoms with Gasteiger partial charge in [0.05, 0.1) is 0 Å². The third-order valence-electron chi connectivity index (χ3n) is 6.67. The van der Waals surface area contributed by atoms with E-state index in [1.165, 1.54) is 76.4 Å². The third kappa shape index (κ3) is 5.02. The Kier molecular flexibility index (Phi) is 6.79. The van der Waals surface area contributed by atoms with Gasteiger partial charge in [-0.2, -0.15) is 4.98 Å². The van der Waals surface area contributed by atoms with Crippen LogP contribution in [-0.2, 0) is 6.54 Å². The van der Waals surface area contributed by atoms with Crippen molar-refractivity contribution in [2.75, 3.05) is 13.1 Å². The van der Waals surface area contributed by atoms with Crippen LogP contribution in [0.2, 0.25) is 0 Å². The Labute approximate surface area is 169 Å². The van der Waals surface area contributed by atoms with Crippen LogP contribution in [0.25, 0.3) is 11.4 Å². The molecule has 0 N–H and O–H groups in total. The number of hydrogen-bond acceptors (Lipinski definition) is 4. The van der Waals surface area contributed by atoms with Gasteiger partial charge in [0.15, 0.2) is 0 Å². The van der Waals surface area contributed by atoms with E-state index in [9.17, 15) is 0 Å². The van der Waals surface area contributed by atoms with E-state index in [2.05, 4.69) is 41.2 Å². The van der Waals surface area contributed by atoms with Crippen LogP contribution in [0, 0.1) is 5.92 Å². The predicted octanol–water partition coefficient (Wildman–Crippen LogP) is 6.19. The summed E-state index contributed by atoms with van der Waals surface area (Å²) in [4.78, 5) is 7.37. The molecule has 1 saturated carbocycles. The smallest absolute Gasteiger partial charge is 0.230 e. The number of hydrogen-bond donors (Lipinski definition) is 0. The van der Waals surface area contributed by atoms with Gasteiger partial charge in [-0.15, -0.1) is 0 Å². The van der Waals surface area contributed by atoms with E-state index in [0.29, 0.717) is 5.92 Å². The van der Waals surface area contributed by atoms with Crippen molar-refractivity contribution >= 4 is 0 Å². The van der Waals surface area contributed by atoms with Gasteiger partial charge in [-0.25, -0.2) is 0 Å². The summed E-state index contributed by atoms with van der Waals surface area (Å²) in [6.45, 7) is 5.71. The van der Waals surface area contributed by atoms with Gasteiger partial charge in [0, 0.05) is 18.0 Å². The molecule has 4 rings (SSSR count). The molecule has 0 radical (unpaired) electrons. The molecule has 0 amide bonds. The van der Waals surface area contributed by atoms with E-state index < -0.39 is 0 Å². The molecule has 28 heavy (non-hydrogen) atoms. The summed E-state index contributed by atoms with van der Waals surface area (Å²) in [5, 5.41) is 4.34. The average molecular weight is 382 g/mol. The van der Waals surface area contributed by atoms with Gasteiger partial charge in [0.25, 0.3) is 0 Å². The summed E-state index contributed by atoms with van der Waals surface area (Å²) < 4.78 is 5.73. The van der Waals surface area contributed by atoms with Gasteiger partial charge in [-0.05, 0) is 56.3 Å². The molecule has 2 heterocycles. The molecule has 0 spiro atoms. The van der Waals surface area contributed by atoms with E-state index >= 15 is 0 Å². The van der Waals surface area contributed by atoms with E-state index in [1.807, 2.05) is 0 Å². The lowest BCUT2D eigenvalue weighted by atomic mass is 9.82. The van der Waals surface area contributed by atoms with Gasteiger partial charge in [-0.3, -0.25) is 4.90 Å². The average Bonchev–Trinajstić information content (AvgIpc) is 3.24. The van der Waals surface area contributed by atoms with Crippen molar-refractivity contribution in [3.05, 3.63) is 35.7 Å². The van der Waals surface area contributed by atoms with Crippen LogP contribution in [-0.4, -0.2) is 28.1 Å². The summed E-state index contributed by atoms with van der Waals surface area (Å²) in [6, 6.07) is 8.70. The second-order valence-electron chi connectivity index (χ2n) is 8.84. The molecule has 1 aromatic carbocycles. The minimum atomic E-state index is 0.404. The number of piperidine rings is 1. The topological polar surface area (TPSA) is 42.2 Å². The molecule has 1 aliphatic heterocycles. The van der Waals surface area contributed by atoms with Gasteiger partial charge in [0.2, 0.25) is 11.7 Å². The number of likely N-dealkylation sites (tertiary alicyclic amines) is 1. The fourth-order valence-corrected chi connectivity index (χ4v) is 4.97. The second-order valence-corrected chi connectivity index (χ2v) is 8.84. The van der Waals surface area contributed by atoms with Crippen LogP contribution < -0.4 is 0 Å². The molecule has 4 heteroatoms. The Balaban J connectivity index is 1.43. The highest BCUT2D eigenvalue weighted by molar-refractivity contribution is 5.55. The standard InChI is InChI=1S/C24H35N3O/c1-2-21(16-19-10-5-3-6-11-19)24-25-23(26-28-24)22-13-9-12-20(17-22)18-27-14-7-4-8-15-27/h9,12-13,17,19,21H,2-8,10-11,14-16,18H2,1H3. The molecule has 1 aromatic heterocycles. The van der Waals surface area contributed by atoms with E-state index in [-0.39, 0.29) is 0 Å². The lowest BCUT2D eigenvalue weighted by Gasteiger charge is -2.26. The molecule has 2 aromatic rings. The van der Waals surface area contributed by atoms with E-state index in [1.54, 1.807) is 0 Å². The van der Waals surface area contributed by atoms with Gasteiger partial charge >= 0.3 is 0 Å². The lowest BCUT2D eigenvalue weighted by molar-refractivity contribution is 0.221. The molecule has 2 fully saturated rings. The summed E-state index contributed by atoms with van der Waals surface area (Å²) in [5.41, 5.74) is 2.43. The van der Waals surface area contributed by atoms with Gasteiger partial charge in [-0.1, -0.05) is 68.8 Å². The monoisotopic (exact) mass is 381 g/mol. The maximum Gasteiger partial charge on any atom is 0.230 e. The maximum absolute atomic E-state index is 5.73. The van der Waals surface area contributed by atoms with Crippen molar-refractivity contribution in [3.63, 3.8) is 0 Å². The van der Waals surface area contributed by atoms with Gasteiger partial charge < -0.3 is 4.52 Å².